The van der Waals surface area contributed by atoms with Crippen LogP contribution in [-0.4, -0.2) is 0 Å². The molecule has 0 spiro atoms. The number of halogens is 2. The van der Waals surface area contributed by atoms with Crippen LogP contribution in [0.1, 0.15) is 4.88 Å². The zero-order valence-electron chi connectivity index (χ0n) is 7.05. The number of nitriles is 1. The van der Waals surface area contributed by atoms with Gasteiger partial charge in [0.25, 0.3) is 0 Å². The van der Waals surface area contributed by atoms with E-state index >= 15 is 0 Å². The number of fused-ring (bicyclic) bond motifs is 1. The lowest BCUT2D eigenvalue weighted by molar-refractivity contribution is 0.630. The summed E-state index contributed by atoms with van der Waals surface area (Å²) in [5.74, 6) is -0.416. The number of nitrogens with zero attached hydrogens (tertiary/aromatic N) is 1. The molecule has 0 saturated heterocycles. The zero-order chi connectivity index (χ0) is 10.1. The van der Waals surface area contributed by atoms with E-state index in [-0.39, 0.29) is 5.02 Å². The molecular formula is C10H5ClFNS. The molecule has 0 fully saturated rings. The molecule has 0 N–H and O–H groups in total. The average Bonchev–Trinajstić information content (AvgIpc) is 2.48. The largest absolute Gasteiger partial charge is 0.205 e. The second kappa shape index (κ2) is 3.56. The summed E-state index contributed by atoms with van der Waals surface area (Å²) in [5.41, 5.74) is 0. The van der Waals surface area contributed by atoms with Crippen molar-refractivity contribution in [3.05, 3.63) is 33.9 Å². The molecule has 2 rings (SSSR count). The van der Waals surface area contributed by atoms with E-state index in [4.69, 9.17) is 16.9 Å². The summed E-state index contributed by atoms with van der Waals surface area (Å²) in [5, 5.41) is 9.45. The van der Waals surface area contributed by atoms with Crippen molar-refractivity contribution in [2.75, 3.05) is 0 Å². The highest BCUT2D eigenvalue weighted by molar-refractivity contribution is 7.19. The molecule has 0 unspecified atom stereocenters. The van der Waals surface area contributed by atoms with E-state index in [0.717, 1.165) is 15.0 Å². The zero-order valence-corrected chi connectivity index (χ0v) is 8.62. The predicted molar refractivity (Wildman–Crippen MR) is 56.1 cm³/mol. The molecular weight excluding hydrogens is 221 g/mol. The van der Waals surface area contributed by atoms with Crippen molar-refractivity contribution in [1.82, 2.24) is 0 Å². The van der Waals surface area contributed by atoms with Gasteiger partial charge in [0.15, 0.2) is 0 Å². The number of benzene rings is 1. The highest BCUT2D eigenvalue weighted by Gasteiger charge is 2.06. The maximum Gasteiger partial charge on any atom is 0.142 e. The maximum atomic E-state index is 13.1. The number of thiophene rings is 1. The normalized spacial score (nSPS) is 10.4. The minimum Gasteiger partial charge on any atom is -0.205 e. The van der Waals surface area contributed by atoms with E-state index in [1.807, 2.05) is 6.07 Å². The number of rotatable bonds is 1. The molecule has 0 atom stereocenters. The fourth-order valence-electron chi connectivity index (χ4n) is 1.25. The molecule has 70 valence electrons. The van der Waals surface area contributed by atoms with Gasteiger partial charge in [0.1, 0.15) is 5.82 Å². The highest BCUT2D eigenvalue weighted by Crippen LogP contribution is 2.30. The Morgan fingerprint density at radius 1 is 1.43 bits per heavy atom. The van der Waals surface area contributed by atoms with Crippen LogP contribution in [0.15, 0.2) is 18.2 Å². The molecule has 0 bridgehead atoms. The van der Waals surface area contributed by atoms with Gasteiger partial charge in [-0.1, -0.05) is 11.6 Å². The van der Waals surface area contributed by atoms with Crippen LogP contribution < -0.4 is 0 Å². The first-order chi connectivity index (χ1) is 6.70. The Hall–Kier alpha value is -1.11. The van der Waals surface area contributed by atoms with E-state index in [1.54, 1.807) is 6.07 Å². The summed E-state index contributed by atoms with van der Waals surface area (Å²) < 4.78 is 14.0. The van der Waals surface area contributed by atoms with Crippen LogP contribution in [0.2, 0.25) is 5.02 Å². The van der Waals surface area contributed by atoms with Gasteiger partial charge in [-0.3, -0.25) is 0 Å². The third kappa shape index (κ3) is 1.59. The molecule has 1 aromatic heterocycles. The Balaban J connectivity index is 2.61. The van der Waals surface area contributed by atoms with E-state index in [1.165, 1.54) is 17.4 Å². The van der Waals surface area contributed by atoms with Crippen LogP contribution in [0.25, 0.3) is 10.1 Å². The van der Waals surface area contributed by atoms with Crippen molar-refractivity contribution in [3.63, 3.8) is 0 Å². The van der Waals surface area contributed by atoms with Crippen LogP contribution in [0.5, 0.6) is 0 Å². The third-order valence-electron chi connectivity index (χ3n) is 1.86. The molecule has 0 aliphatic carbocycles. The SMILES string of the molecule is N#CCc1cc2cc(F)c(Cl)cc2s1. The predicted octanol–water partition coefficient (Wildman–Crippen LogP) is 3.76. The van der Waals surface area contributed by atoms with Gasteiger partial charge in [-0.05, 0) is 23.6 Å². The number of hydrogen-bond donors (Lipinski definition) is 0. The van der Waals surface area contributed by atoms with E-state index < -0.39 is 5.82 Å². The fourth-order valence-corrected chi connectivity index (χ4v) is 2.50. The maximum absolute atomic E-state index is 13.1. The van der Waals surface area contributed by atoms with E-state index in [0.29, 0.717) is 6.42 Å². The Morgan fingerprint density at radius 3 is 2.93 bits per heavy atom. The molecule has 1 aromatic carbocycles. The Bertz CT molecular complexity index is 488. The average molecular weight is 226 g/mol. The molecule has 4 heteroatoms. The smallest absolute Gasteiger partial charge is 0.142 e. The van der Waals surface area contributed by atoms with Crippen LogP contribution in [-0.2, 0) is 6.42 Å². The lowest BCUT2D eigenvalue weighted by Crippen LogP contribution is -1.73. The molecule has 1 heterocycles. The summed E-state index contributed by atoms with van der Waals surface area (Å²) in [6.07, 6.45) is 0.360. The van der Waals surface area contributed by atoms with Gasteiger partial charge in [-0.25, -0.2) is 4.39 Å². The summed E-state index contributed by atoms with van der Waals surface area (Å²) in [6.45, 7) is 0. The fraction of sp³-hybridized carbons (Fsp3) is 0.100. The van der Waals surface area contributed by atoms with Crippen LogP contribution in [0, 0.1) is 17.1 Å². The van der Waals surface area contributed by atoms with Crippen LogP contribution >= 0.6 is 22.9 Å². The molecule has 0 aliphatic rings. The van der Waals surface area contributed by atoms with Crippen LogP contribution in [0.4, 0.5) is 4.39 Å². The number of hydrogen-bond acceptors (Lipinski definition) is 2. The lowest BCUT2D eigenvalue weighted by Gasteiger charge is -1.92. The topological polar surface area (TPSA) is 23.8 Å². The molecule has 0 amide bonds. The Labute approximate surface area is 89.3 Å². The second-order valence-electron chi connectivity index (χ2n) is 2.85. The first-order valence-corrected chi connectivity index (χ1v) is 5.14. The quantitative estimate of drug-likeness (QED) is 0.725. The van der Waals surface area contributed by atoms with Gasteiger partial charge in [0.2, 0.25) is 0 Å². The van der Waals surface area contributed by atoms with Gasteiger partial charge in [0.05, 0.1) is 17.5 Å². The standard InChI is InChI=1S/C10H5ClFNS/c11-8-5-10-6(4-9(8)12)3-7(14-10)1-2-13/h3-5H,1H2. The van der Waals surface area contributed by atoms with Crippen molar-refractivity contribution in [2.24, 2.45) is 0 Å². The molecule has 0 aliphatic heterocycles. The van der Waals surface area contributed by atoms with E-state index in [2.05, 4.69) is 6.07 Å². The van der Waals surface area contributed by atoms with Gasteiger partial charge in [-0.15, -0.1) is 11.3 Å². The highest BCUT2D eigenvalue weighted by atomic mass is 35.5. The van der Waals surface area contributed by atoms with Crippen LogP contribution in [0.3, 0.4) is 0 Å². The van der Waals surface area contributed by atoms with Gasteiger partial charge in [-0.2, -0.15) is 5.26 Å². The molecule has 0 saturated carbocycles. The summed E-state index contributed by atoms with van der Waals surface area (Å²) in [4.78, 5) is 0.934. The van der Waals surface area contributed by atoms with Gasteiger partial charge >= 0.3 is 0 Å². The molecule has 14 heavy (non-hydrogen) atoms. The van der Waals surface area contributed by atoms with Crippen molar-refractivity contribution >= 4 is 33.0 Å². The molecule has 0 radical (unpaired) electrons. The lowest BCUT2D eigenvalue weighted by atomic mass is 10.2. The minimum absolute atomic E-state index is 0.128. The van der Waals surface area contributed by atoms with E-state index in [9.17, 15) is 4.39 Å². The van der Waals surface area contributed by atoms with Crippen molar-refractivity contribution in [1.29, 1.82) is 5.26 Å². The Morgan fingerprint density at radius 2 is 2.21 bits per heavy atom. The summed E-state index contributed by atoms with van der Waals surface area (Å²) >= 11 is 7.11. The molecule has 2 aromatic rings. The van der Waals surface area contributed by atoms with Gasteiger partial charge < -0.3 is 0 Å². The first-order valence-electron chi connectivity index (χ1n) is 3.95. The minimum atomic E-state index is -0.416. The Kier molecular flexibility index (Phi) is 2.40. The second-order valence-corrected chi connectivity index (χ2v) is 4.43. The first kappa shape index (κ1) is 9.45. The van der Waals surface area contributed by atoms with Crippen molar-refractivity contribution in [3.8, 4) is 6.07 Å². The molecule has 1 nitrogen and oxygen atoms in total. The summed E-state index contributed by atoms with van der Waals surface area (Å²) in [7, 11) is 0. The third-order valence-corrected chi connectivity index (χ3v) is 3.25. The van der Waals surface area contributed by atoms with Crippen molar-refractivity contribution < 1.29 is 4.39 Å². The summed E-state index contributed by atoms with van der Waals surface area (Å²) in [6, 6.07) is 6.87. The van der Waals surface area contributed by atoms with Gasteiger partial charge in [0, 0.05) is 9.58 Å². The monoisotopic (exact) mass is 225 g/mol. The van der Waals surface area contributed by atoms with Crippen molar-refractivity contribution in [2.45, 2.75) is 6.42 Å².